The molecule has 1 aliphatic rings. The number of hydrogen-bond acceptors (Lipinski definition) is 4. The third-order valence-electron chi connectivity index (χ3n) is 4.29. The van der Waals surface area contributed by atoms with Gasteiger partial charge in [0.1, 0.15) is 17.4 Å². The Balaban J connectivity index is 1.42. The van der Waals surface area contributed by atoms with Gasteiger partial charge in [-0.2, -0.15) is 0 Å². The Bertz CT molecular complexity index is 724. The minimum Gasteiger partial charge on any atom is -0.493 e. The van der Waals surface area contributed by atoms with Crippen LogP contribution in [0.2, 0.25) is 0 Å². The molecule has 0 aliphatic heterocycles. The van der Waals surface area contributed by atoms with E-state index in [2.05, 4.69) is 10.3 Å². The Morgan fingerprint density at radius 3 is 2.96 bits per heavy atom. The number of anilines is 1. The molecule has 2 aromatic rings. The third-order valence-corrected chi connectivity index (χ3v) is 4.29. The molecule has 5 nitrogen and oxygen atoms in total. The van der Waals surface area contributed by atoms with E-state index in [0.29, 0.717) is 17.9 Å². The van der Waals surface area contributed by atoms with Crippen LogP contribution >= 0.6 is 0 Å². The summed E-state index contributed by atoms with van der Waals surface area (Å²) in [6.07, 6.45) is 3.33. The molecule has 1 aliphatic carbocycles. The summed E-state index contributed by atoms with van der Waals surface area (Å²) in [5.74, 6) is 0.242. The highest BCUT2D eigenvalue weighted by molar-refractivity contribution is 5.68. The summed E-state index contributed by atoms with van der Waals surface area (Å²) in [5, 5.41) is 12.0. The summed E-state index contributed by atoms with van der Waals surface area (Å²) in [6, 6.07) is 10.5. The zero-order valence-corrected chi connectivity index (χ0v) is 13.8. The molecule has 6 heteroatoms. The monoisotopic (exact) mass is 344 g/mol. The van der Waals surface area contributed by atoms with E-state index in [0.717, 1.165) is 25.2 Å². The molecule has 1 heterocycles. The lowest BCUT2D eigenvalue weighted by Crippen LogP contribution is -2.08. The van der Waals surface area contributed by atoms with Crippen LogP contribution in [0.4, 0.5) is 10.2 Å². The van der Waals surface area contributed by atoms with Crippen LogP contribution in [0.1, 0.15) is 30.7 Å². The second-order valence-corrected chi connectivity index (χ2v) is 6.23. The average Bonchev–Trinajstić information content (AvgIpc) is 3.33. The quantitative estimate of drug-likeness (QED) is 0.679. The maximum atomic E-state index is 14.2. The molecule has 1 saturated carbocycles. The third kappa shape index (κ3) is 4.92. The SMILES string of the molecule is O=C(O)CC1CC1c1ccc(OCCCNc2ccccn2)cc1F. The van der Waals surface area contributed by atoms with Crippen molar-refractivity contribution < 1.29 is 19.0 Å². The van der Waals surface area contributed by atoms with Gasteiger partial charge >= 0.3 is 5.97 Å². The van der Waals surface area contributed by atoms with Gasteiger partial charge in [0.2, 0.25) is 0 Å². The second-order valence-electron chi connectivity index (χ2n) is 6.23. The number of hydrogen-bond donors (Lipinski definition) is 2. The largest absolute Gasteiger partial charge is 0.493 e. The molecule has 1 aromatic heterocycles. The van der Waals surface area contributed by atoms with Crippen molar-refractivity contribution in [3.63, 3.8) is 0 Å². The molecule has 132 valence electrons. The van der Waals surface area contributed by atoms with Gasteiger partial charge in [-0.1, -0.05) is 12.1 Å². The fourth-order valence-electron chi connectivity index (χ4n) is 2.92. The molecule has 0 bridgehead atoms. The topological polar surface area (TPSA) is 71.5 Å². The first-order chi connectivity index (χ1) is 12.1. The van der Waals surface area contributed by atoms with E-state index in [-0.39, 0.29) is 24.1 Å². The molecule has 1 aromatic carbocycles. The van der Waals surface area contributed by atoms with Crippen molar-refractivity contribution >= 4 is 11.8 Å². The average molecular weight is 344 g/mol. The van der Waals surface area contributed by atoms with Gasteiger partial charge in [0.15, 0.2) is 0 Å². The molecule has 0 amide bonds. The van der Waals surface area contributed by atoms with Crippen molar-refractivity contribution in [2.24, 2.45) is 5.92 Å². The van der Waals surface area contributed by atoms with Crippen molar-refractivity contribution in [2.75, 3.05) is 18.5 Å². The Morgan fingerprint density at radius 1 is 1.36 bits per heavy atom. The van der Waals surface area contributed by atoms with Gasteiger partial charge in [0.25, 0.3) is 0 Å². The van der Waals surface area contributed by atoms with E-state index in [1.54, 1.807) is 18.3 Å². The molecular weight excluding hydrogens is 323 g/mol. The van der Waals surface area contributed by atoms with Crippen molar-refractivity contribution in [3.8, 4) is 5.75 Å². The van der Waals surface area contributed by atoms with E-state index in [9.17, 15) is 9.18 Å². The molecule has 0 spiro atoms. The van der Waals surface area contributed by atoms with Crippen LogP contribution in [0.25, 0.3) is 0 Å². The number of halogens is 1. The number of carboxylic acid groups (broad SMARTS) is 1. The zero-order chi connectivity index (χ0) is 17.6. The second kappa shape index (κ2) is 7.96. The molecule has 2 unspecified atom stereocenters. The fraction of sp³-hybridized carbons (Fsp3) is 0.368. The number of rotatable bonds is 9. The van der Waals surface area contributed by atoms with Crippen LogP contribution in [0.3, 0.4) is 0 Å². The van der Waals surface area contributed by atoms with Crippen LogP contribution in [0.15, 0.2) is 42.6 Å². The first-order valence-electron chi connectivity index (χ1n) is 8.42. The summed E-state index contributed by atoms with van der Waals surface area (Å²) in [7, 11) is 0. The highest BCUT2D eigenvalue weighted by Gasteiger charge is 2.41. The van der Waals surface area contributed by atoms with E-state index < -0.39 is 5.97 Å². The lowest BCUT2D eigenvalue weighted by atomic mass is 10.1. The number of benzene rings is 1. The van der Waals surface area contributed by atoms with Crippen LogP contribution in [0, 0.1) is 11.7 Å². The first kappa shape index (κ1) is 17.2. The molecule has 0 radical (unpaired) electrons. The molecule has 0 saturated heterocycles. The standard InChI is InChI=1S/C19H21FN2O3/c20-17-12-14(5-6-15(17)16-10-13(16)11-19(23)24)25-9-3-8-22-18-4-1-2-7-21-18/h1-2,4-7,12-13,16H,3,8-11H2,(H,21,22)(H,23,24). The molecule has 1 fully saturated rings. The van der Waals surface area contributed by atoms with Crippen LogP contribution in [-0.2, 0) is 4.79 Å². The summed E-state index contributed by atoms with van der Waals surface area (Å²) < 4.78 is 19.8. The van der Waals surface area contributed by atoms with Crippen molar-refractivity contribution in [2.45, 2.75) is 25.2 Å². The van der Waals surface area contributed by atoms with Crippen LogP contribution in [-0.4, -0.2) is 29.2 Å². The predicted molar refractivity (Wildman–Crippen MR) is 92.3 cm³/mol. The van der Waals surface area contributed by atoms with Gasteiger partial charge in [-0.05, 0) is 48.4 Å². The van der Waals surface area contributed by atoms with E-state index >= 15 is 0 Å². The Labute approximate surface area is 145 Å². The van der Waals surface area contributed by atoms with Gasteiger partial charge in [-0.15, -0.1) is 0 Å². The summed E-state index contributed by atoms with van der Waals surface area (Å²) in [4.78, 5) is 14.9. The Kier molecular flexibility index (Phi) is 5.48. The number of ether oxygens (including phenoxy) is 1. The van der Waals surface area contributed by atoms with E-state index in [1.807, 2.05) is 18.2 Å². The number of nitrogens with zero attached hydrogens (tertiary/aromatic N) is 1. The predicted octanol–water partition coefficient (Wildman–Crippen LogP) is 3.68. The van der Waals surface area contributed by atoms with Gasteiger partial charge < -0.3 is 15.2 Å². The number of pyridine rings is 1. The molecule has 25 heavy (non-hydrogen) atoms. The lowest BCUT2D eigenvalue weighted by molar-refractivity contribution is -0.137. The first-order valence-corrected chi connectivity index (χ1v) is 8.42. The number of carbonyl (C=O) groups is 1. The van der Waals surface area contributed by atoms with E-state index in [4.69, 9.17) is 9.84 Å². The fourth-order valence-corrected chi connectivity index (χ4v) is 2.92. The minimum atomic E-state index is -0.827. The van der Waals surface area contributed by atoms with Gasteiger partial charge in [0, 0.05) is 25.2 Å². The number of nitrogens with one attached hydrogen (secondary N) is 1. The van der Waals surface area contributed by atoms with Crippen molar-refractivity contribution in [3.05, 3.63) is 54.0 Å². The van der Waals surface area contributed by atoms with Crippen molar-refractivity contribution in [1.82, 2.24) is 4.98 Å². The highest BCUT2D eigenvalue weighted by Crippen LogP contribution is 2.50. The number of aromatic nitrogens is 1. The normalized spacial score (nSPS) is 18.6. The molecular formula is C19H21FN2O3. The maximum absolute atomic E-state index is 14.2. The molecule has 3 rings (SSSR count). The van der Waals surface area contributed by atoms with Crippen LogP contribution < -0.4 is 10.1 Å². The summed E-state index contributed by atoms with van der Waals surface area (Å²) in [5.41, 5.74) is 0.593. The molecule has 2 atom stereocenters. The summed E-state index contributed by atoms with van der Waals surface area (Å²) in [6.45, 7) is 1.19. The van der Waals surface area contributed by atoms with Gasteiger partial charge in [-0.3, -0.25) is 4.79 Å². The van der Waals surface area contributed by atoms with Crippen LogP contribution in [0.5, 0.6) is 5.75 Å². The lowest BCUT2D eigenvalue weighted by Gasteiger charge is -2.09. The van der Waals surface area contributed by atoms with E-state index in [1.165, 1.54) is 6.07 Å². The molecule has 2 N–H and O–H groups in total. The van der Waals surface area contributed by atoms with Crippen molar-refractivity contribution in [1.29, 1.82) is 0 Å². The maximum Gasteiger partial charge on any atom is 0.303 e. The Morgan fingerprint density at radius 2 is 2.24 bits per heavy atom. The number of aliphatic carboxylic acids is 1. The highest BCUT2D eigenvalue weighted by atomic mass is 19.1. The van der Waals surface area contributed by atoms with Gasteiger partial charge in [-0.25, -0.2) is 9.37 Å². The van der Waals surface area contributed by atoms with Gasteiger partial charge in [0.05, 0.1) is 6.61 Å². The minimum absolute atomic E-state index is 0.0210. The number of carboxylic acids is 1. The Hall–Kier alpha value is -2.63. The summed E-state index contributed by atoms with van der Waals surface area (Å²) >= 11 is 0. The smallest absolute Gasteiger partial charge is 0.303 e. The zero-order valence-electron chi connectivity index (χ0n) is 13.8.